The Morgan fingerprint density at radius 3 is 1.82 bits per heavy atom. The molecule has 0 bridgehead atoms. The van der Waals surface area contributed by atoms with Crippen LogP contribution in [-0.2, 0) is 18.1 Å². The minimum Gasteiger partial charge on any atom is -0.373 e. The Bertz CT molecular complexity index is 285. The highest BCUT2D eigenvalue weighted by Crippen LogP contribution is 2.37. The number of carbonyl (C=O) groups excluding carboxylic acids is 1. The summed E-state index contributed by atoms with van der Waals surface area (Å²) in [6.07, 6.45) is 5.72. The lowest BCUT2D eigenvalue weighted by molar-refractivity contribution is -0.113. The van der Waals surface area contributed by atoms with Crippen molar-refractivity contribution in [1.29, 1.82) is 0 Å². The van der Waals surface area contributed by atoms with E-state index in [0.717, 1.165) is 12.8 Å². The van der Waals surface area contributed by atoms with Gasteiger partial charge in [-0.2, -0.15) is 0 Å². The molecular weight excluding hydrogens is 316 g/mol. The van der Waals surface area contributed by atoms with E-state index in [0.29, 0.717) is 19.8 Å². The monoisotopic (exact) mass is 350 g/mol. The molecule has 6 heteroatoms. The maximum Gasteiger partial charge on any atom is 0.513 e. The van der Waals surface area contributed by atoms with Crippen molar-refractivity contribution in [3.63, 3.8) is 0 Å². The van der Waals surface area contributed by atoms with Gasteiger partial charge >= 0.3 is 8.80 Å². The number of hydrogen-bond donors (Lipinski definition) is 1. The van der Waals surface area contributed by atoms with Gasteiger partial charge in [0.15, 0.2) is 5.12 Å². The number of thiol groups is 1. The zero-order valence-electron chi connectivity index (χ0n) is 14.9. The topological polar surface area (TPSA) is 44.8 Å². The van der Waals surface area contributed by atoms with Gasteiger partial charge in [0.1, 0.15) is 5.54 Å². The lowest BCUT2D eigenvalue weighted by Crippen LogP contribution is -2.54. The van der Waals surface area contributed by atoms with Crippen molar-refractivity contribution in [3.8, 4) is 0 Å². The zero-order valence-corrected chi connectivity index (χ0v) is 16.8. The molecule has 132 valence electrons. The maximum absolute atomic E-state index is 12.2. The highest BCUT2D eigenvalue weighted by atomic mass is 32.1. The summed E-state index contributed by atoms with van der Waals surface area (Å²) in [6.45, 7) is 11.4. The van der Waals surface area contributed by atoms with Crippen LogP contribution in [-0.4, -0.2) is 33.7 Å². The van der Waals surface area contributed by atoms with Crippen LogP contribution in [0, 0.1) is 5.92 Å². The molecule has 4 nitrogen and oxygen atoms in total. The van der Waals surface area contributed by atoms with Crippen molar-refractivity contribution in [2.45, 2.75) is 72.3 Å². The minimum absolute atomic E-state index is 0.151. The van der Waals surface area contributed by atoms with Crippen LogP contribution in [0.5, 0.6) is 0 Å². The van der Waals surface area contributed by atoms with E-state index in [1.54, 1.807) is 0 Å². The van der Waals surface area contributed by atoms with Crippen LogP contribution in [0.15, 0.2) is 0 Å². The number of hydrogen-bond acceptors (Lipinski definition) is 4. The number of unbranched alkanes of at least 4 members (excludes halogenated alkanes) is 3. The van der Waals surface area contributed by atoms with Crippen LogP contribution in [0.4, 0.5) is 0 Å². The van der Waals surface area contributed by atoms with E-state index in [2.05, 4.69) is 26.5 Å². The molecule has 0 aromatic carbocycles. The molecule has 0 spiro atoms. The quantitative estimate of drug-likeness (QED) is 0.285. The molecule has 0 aliphatic rings. The Morgan fingerprint density at radius 1 is 0.955 bits per heavy atom. The Morgan fingerprint density at radius 2 is 1.45 bits per heavy atom. The summed E-state index contributed by atoms with van der Waals surface area (Å²) in [6, 6.07) is 0. The van der Waals surface area contributed by atoms with Crippen LogP contribution in [0.25, 0.3) is 0 Å². The first kappa shape index (κ1) is 22.1. The molecule has 0 aromatic heterocycles. The molecule has 0 fully saturated rings. The van der Waals surface area contributed by atoms with Crippen molar-refractivity contribution in [2.24, 2.45) is 5.92 Å². The molecule has 0 aliphatic carbocycles. The van der Waals surface area contributed by atoms with Gasteiger partial charge in [-0.1, -0.05) is 39.5 Å². The third kappa shape index (κ3) is 7.13. The van der Waals surface area contributed by atoms with E-state index in [1.165, 1.54) is 19.3 Å². The standard InChI is InChI=1S/C16H34O4SSi/c1-6-10-11-12-13-14(5)15(16(17)21)22(18-7-2,19-8-3)20-9-4/h14-15H,6-13H2,1-5H3,(H,17,21). The number of rotatable bonds is 14. The SMILES string of the molecule is CCCCCCC(C)C(C(=O)S)[Si](OCC)(OCC)OCC. The van der Waals surface area contributed by atoms with E-state index in [1.807, 2.05) is 20.8 Å². The Balaban J connectivity index is 5.12. The third-order valence-corrected chi connectivity index (χ3v) is 7.95. The van der Waals surface area contributed by atoms with Crippen LogP contribution in [0.3, 0.4) is 0 Å². The molecule has 22 heavy (non-hydrogen) atoms. The highest BCUT2D eigenvalue weighted by molar-refractivity contribution is 7.97. The van der Waals surface area contributed by atoms with Gasteiger partial charge in [-0.25, -0.2) is 0 Å². The molecule has 0 heterocycles. The van der Waals surface area contributed by atoms with Crippen LogP contribution in [0.1, 0.15) is 66.7 Å². The fourth-order valence-corrected chi connectivity index (χ4v) is 6.69. The van der Waals surface area contributed by atoms with Crippen molar-refractivity contribution < 1.29 is 18.1 Å². The van der Waals surface area contributed by atoms with Gasteiger partial charge in [0.25, 0.3) is 0 Å². The molecule has 2 unspecified atom stereocenters. The maximum atomic E-state index is 12.2. The van der Waals surface area contributed by atoms with Crippen molar-refractivity contribution in [2.75, 3.05) is 19.8 Å². The lowest BCUT2D eigenvalue weighted by atomic mass is 9.99. The summed E-state index contributed by atoms with van der Waals surface area (Å²) >= 11 is 4.12. The Labute approximate surface area is 143 Å². The smallest absolute Gasteiger partial charge is 0.373 e. The van der Waals surface area contributed by atoms with Gasteiger partial charge in [-0.15, -0.1) is 12.6 Å². The second kappa shape index (κ2) is 12.5. The lowest BCUT2D eigenvalue weighted by Gasteiger charge is -2.36. The third-order valence-electron chi connectivity index (χ3n) is 3.77. The zero-order chi connectivity index (χ0) is 17.0. The summed E-state index contributed by atoms with van der Waals surface area (Å²) in [5, 5.41) is -0.176. The summed E-state index contributed by atoms with van der Waals surface area (Å²) in [4.78, 5) is 12.2. The largest absolute Gasteiger partial charge is 0.513 e. The van der Waals surface area contributed by atoms with Gasteiger partial charge in [-0.3, -0.25) is 4.79 Å². The van der Waals surface area contributed by atoms with Gasteiger partial charge in [0.05, 0.1) is 0 Å². The van der Waals surface area contributed by atoms with Crippen LogP contribution < -0.4 is 0 Å². The second-order valence-corrected chi connectivity index (χ2v) is 8.68. The van der Waals surface area contributed by atoms with E-state index >= 15 is 0 Å². The first-order valence-electron chi connectivity index (χ1n) is 8.63. The molecule has 0 N–H and O–H groups in total. The van der Waals surface area contributed by atoms with E-state index in [-0.39, 0.29) is 11.0 Å². The first-order chi connectivity index (χ1) is 10.5. The molecule has 0 saturated carbocycles. The van der Waals surface area contributed by atoms with E-state index in [4.69, 9.17) is 13.3 Å². The second-order valence-electron chi connectivity index (χ2n) is 5.55. The molecule has 0 amide bonds. The average molecular weight is 351 g/mol. The average Bonchev–Trinajstić information content (AvgIpc) is 2.44. The Hall–Kier alpha value is 0.117. The summed E-state index contributed by atoms with van der Waals surface area (Å²) < 4.78 is 17.7. The van der Waals surface area contributed by atoms with Gasteiger partial charge in [0.2, 0.25) is 0 Å². The molecule has 0 aromatic rings. The normalized spacial score (nSPS) is 14.8. The van der Waals surface area contributed by atoms with Gasteiger partial charge in [-0.05, 0) is 33.1 Å². The van der Waals surface area contributed by atoms with E-state index in [9.17, 15) is 4.79 Å². The minimum atomic E-state index is -3.05. The van der Waals surface area contributed by atoms with Crippen LogP contribution >= 0.6 is 12.6 Å². The van der Waals surface area contributed by atoms with Crippen molar-refractivity contribution >= 4 is 26.5 Å². The predicted molar refractivity (Wildman–Crippen MR) is 96.3 cm³/mol. The number of carbonyl (C=O) groups is 1. The summed E-state index contributed by atoms with van der Waals surface area (Å²) in [5.41, 5.74) is -0.391. The first-order valence-corrected chi connectivity index (χ1v) is 10.9. The molecule has 0 saturated heterocycles. The predicted octanol–water partition coefficient (Wildman–Crippen LogP) is 4.47. The molecule has 0 radical (unpaired) electrons. The fraction of sp³-hybridized carbons (Fsp3) is 0.938. The van der Waals surface area contributed by atoms with Crippen molar-refractivity contribution in [1.82, 2.24) is 0 Å². The Kier molecular flexibility index (Phi) is 12.6. The summed E-state index contributed by atoms with van der Waals surface area (Å²) in [7, 11) is -3.05. The molecule has 0 aliphatic heterocycles. The van der Waals surface area contributed by atoms with Gasteiger partial charge < -0.3 is 13.3 Å². The molecular formula is C16H34O4SSi. The fourth-order valence-electron chi connectivity index (χ4n) is 2.80. The van der Waals surface area contributed by atoms with E-state index < -0.39 is 14.3 Å². The van der Waals surface area contributed by atoms with Gasteiger partial charge in [0, 0.05) is 19.8 Å². The highest BCUT2D eigenvalue weighted by Gasteiger charge is 2.54. The molecule has 2 atom stereocenters. The van der Waals surface area contributed by atoms with Crippen LogP contribution in [0.2, 0.25) is 5.54 Å². The summed E-state index contributed by atoms with van der Waals surface area (Å²) in [5.74, 6) is 0.151. The molecule has 0 rings (SSSR count). The van der Waals surface area contributed by atoms with Crippen molar-refractivity contribution in [3.05, 3.63) is 0 Å².